The van der Waals surface area contributed by atoms with Crippen molar-refractivity contribution in [3.05, 3.63) is 11.1 Å². The lowest BCUT2D eigenvalue weighted by atomic mass is 10.2. The van der Waals surface area contributed by atoms with E-state index in [9.17, 15) is 0 Å². The maximum atomic E-state index is 8.38. The van der Waals surface area contributed by atoms with Crippen LogP contribution in [0.1, 0.15) is 26.2 Å². The topological polar surface area (TPSA) is 20.2 Å². The van der Waals surface area contributed by atoms with E-state index in [0.717, 1.165) is 24.3 Å². The van der Waals surface area contributed by atoms with Crippen LogP contribution in [-0.4, -0.2) is 11.7 Å². The van der Waals surface area contributed by atoms with Crippen LogP contribution in [0.2, 0.25) is 0 Å². The molecule has 0 amide bonds. The molecule has 0 aliphatic heterocycles. The van der Waals surface area contributed by atoms with Gasteiger partial charge >= 0.3 is 0 Å². The number of aliphatic hydroxyl groups excluding tert-OH is 1. The summed E-state index contributed by atoms with van der Waals surface area (Å²) in [5, 5.41) is 9.22. The van der Waals surface area contributed by atoms with Crippen molar-refractivity contribution in [3.8, 4) is 0 Å². The van der Waals surface area contributed by atoms with Crippen molar-refractivity contribution in [2.24, 2.45) is 0 Å². The fourth-order valence-corrected chi connectivity index (χ4v) is 0.666. The van der Waals surface area contributed by atoms with Gasteiger partial charge in [-0.1, -0.05) is 17.7 Å². The highest BCUT2D eigenvalue weighted by Crippen LogP contribution is 2.03. The molecule has 0 rings (SSSR count). The van der Waals surface area contributed by atoms with Crippen LogP contribution in [-0.2, 0) is 0 Å². The van der Waals surface area contributed by atoms with Gasteiger partial charge in [-0.2, -0.15) is 0 Å². The first-order valence-corrected chi connectivity index (χ1v) is 3.58. The van der Waals surface area contributed by atoms with E-state index in [4.69, 9.17) is 16.7 Å². The second kappa shape index (κ2) is 6.12. The van der Waals surface area contributed by atoms with Crippen molar-refractivity contribution >= 4 is 11.6 Å². The van der Waals surface area contributed by atoms with E-state index in [-0.39, 0.29) is 6.61 Å². The highest BCUT2D eigenvalue weighted by molar-refractivity contribution is 6.29. The van der Waals surface area contributed by atoms with E-state index >= 15 is 0 Å². The zero-order valence-corrected chi connectivity index (χ0v) is 6.49. The van der Waals surface area contributed by atoms with E-state index in [1.54, 1.807) is 0 Å². The molecule has 0 aliphatic rings. The Balaban J connectivity index is 3.00. The number of allylic oxidation sites excluding steroid dienone is 2. The lowest BCUT2D eigenvalue weighted by Crippen LogP contribution is -1.80. The van der Waals surface area contributed by atoms with Crippen molar-refractivity contribution in [2.75, 3.05) is 6.61 Å². The lowest BCUT2D eigenvalue weighted by molar-refractivity contribution is 0.285. The third-order valence-electron chi connectivity index (χ3n) is 1.04. The van der Waals surface area contributed by atoms with Gasteiger partial charge in [-0.25, -0.2) is 0 Å². The van der Waals surface area contributed by atoms with Crippen LogP contribution < -0.4 is 0 Å². The molecule has 0 spiro atoms. The molecule has 0 fully saturated rings. The second-order valence-electron chi connectivity index (χ2n) is 2.01. The Morgan fingerprint density at radius 2 is 2.22 bits per heavy atom. The van der Waals surface area contributed by atoms with E-state index in [1.165, 1.54) is 0 Å². The van der Waals surface area contributed by atoms with Crippen LogP contribution in [0.25, 0.3) is 0 Å². The minimum Gasteiger partial charge on any atom is -0.396 e. The number of hydrogen-bond donors (Lipinski definition) is 1. The molecular formula is C7H13ClO. The van der Waals surface area contributed by atoms with Gasteiger partial charge in [0.1, 0.15) is 0 Å². The Labute approximate surface area is 61.3 Å². The van der Waals surface area contributed by atoms with Crippen LogP contribution in [0, 0.1) is 0 Å². The van der Waals surface area contributed by atoms with Crippen molar-refractivity contribution in [3.63, 3.8) is 0 Å². The second-order valence-corrected chi connectivity index (χ2v) is 2.61. The number of rotatable bonds is 4. The number of aliphatic hydroxyl groups is 1. The first-order valence-electron chi connectivity index (χ1n) is 3.20. The van der Waals surface area contributed by atoms with Crippen LogP contribution in [0.3, 0.4) is 0 Å². The summed E-state index contributed by atoms with van der Waals surface area (Å²) in [4.78, 5) is 0. The molecule has 0 aromatic rings. The Hall–Kier alpha value is -0.0100. The van der Waals surface area contributed by atoms with Crippen LogP contribution >= 0.6 is 11.6 Å². The molecule has 0 unspecified atom stereocenters. The molecule has 0 aromatic heterocycles. The van der Waals surface area contributed by atoms with Gasteiger partial charge in [0.25, 0.3) is 0 Å². The molecular weight excluding hydrogens is 136 g/mol. The molecule has 54 valence electrons. The summed E-state index contributed by atoms with van der Waals surface area (Å²) in [5.41, 5.74) is 0. The molecule has 0 atom stereocenters. The smallest absolute Gasteiger partial charge is 0.0431 e. The van der Waals surface area contributed by atoms with E-state index in [1.807, 2.05) is 13.0 Å². The van der Waals surface area contributed by atoms with Gasteiger partial charge in [-0.05, 0) is 26.2 Å². The van der Waals surface area contributed by atoms with Crippen molar-refractivity contribution in [1.82, 2.24) is 0 Å². The van der Waals surface area contributed by atoms with Gasteiger partial charge < -0.3 is 5.11 Å². The standard InChI is InChI=1S/C7H13ClO/c1-7(8)5-3-2-4-6-9/h5,9H,2-4,6H2,1H3/b7-5+. The molecule has 0 radical (unpaired) electrons. The Morgan fingerprint density at radius 3 is 2.67 bits per heavy atom. The summed E-state index contributed by atoms with van der Waals surface area (Å²) in [6, 6.07) is 0. The minimum atomic E-state index is 0.287. The van der Waals surface area contributed by atoms with Gasteiger partial charge in [-0.3, -0.25) is 0 Å². The molecule has 0 saturated heterocycles. The largest absolute Gasteiger partial charge is 0.396 e. The summed E-state index contributed by atoms with van der Waals surface area (Å²) in [6.45, 7) is 2.15. The number of hydrogen-bond acceptors (Lipinski definition) is 1. The minimum absolute atomic E-state index is 0.287. The molecule has 0 bridgehead atoms. The summed E-state index contributed by atoms with van der Waals surface area (Å²) in [6.07, 6.45) is 4.86. The highest BCUT2D eigenvalue weighted by atomic mass is 35.5. The lowest BCUT2D eigenvalue weighted by Gasteiger charge is -1.90. The van der Waals surface area contributed by atoms with E-state index < -0.39 is 0 Å². The van der Waals surface area contributed by atoms with Gasteiger partial charge in [0.15, 0.2) is 0 Å². The molecule has 9 heavy (non-hydrogen) atoms. The average molecular weight is 149 g/mol. The predicted octanol–water partition coefficient (Wildman–Crippen LogP) is 2.29. The third-order valence-corrected chi connectivity index (χ3v) is 1.19. The highest BCUT2D eigenvalue weighted by Gasteiger charge is 1.83. The van der Waals surface area contributed by atoms with Gasteiger partial charge in [0, 0.05) is 11.6 Å². The zero-order chi connectivity index (χ0) is 7.11. The van der Waals surface area contributed by atoms with Crippen LogP contribution in [0.15, 0.2) is 11.1 Å². The predicted molar refractivity (Wildman–Crippen MR) is 40.5 cm³/mol. The molecule has 0 aliphatic carbocycles. The van der Waals surface area contributed by atoms with Gasteiger partial charge in [0.05, 0.1) is 0 Å². The Kier molecular flexibility index (Phi) is 6.11. The fraction of sp³-hybridized carbons (Fsp3) is 0.714. The maximum absolute atomic E-state index is 8.38. The molecule has 2 heteroatoms. The van der Waals surface area contributed by atoms with Gasteiger partial charge in [-0.15, -0.1) is 0 Å². The van der Waals surface area contributed by atoms with Crippen LogP contribution in [0.5, 0.6) is 0 Å². The summed E-state index contributed by atoms with van der Waals surface area (Å²) < 4.78 is 0. The third kappa shape index (κ3) is 7.99. The number of unbranched alkanes of at least 4 members (excludes halogenated alkanes) is 2. The normalized spacial score (nSPS) is 12.1. The van der Waals surface area contributed by atoms with Crippen molar-refractivity contribution < 1.29 is 5.11 Å². The van der Waals surface area contributed by atoms with E-state index in [2.05, 4.69) is 0 Å². The summed E-state index contributed by atoms with van der Waals surface area (Å²) in [7, 11) is 0. The van der Waals surface area contributed by atoms with E-state index in [0.29, 0.717) is 0 Å². The fourth-order valence-electron chi connectivity index (χ4n) is 0.557. The SMILES string of the molecule is C/C(Cl)=C\CCCCO. The molecule has 1 N–H and O–H groups in total. The number of halogens is 1. The summed E-state index contributed by atoms with van der Waals surface area (Å²) in [5.74, 6) is 0. The molecule has 0 heterocycles. The quantitative estimate of drug-likeness (QED) is 0.607. The van der Waals surface area contributed by atoms with Crippen molar-refractivity contribution in [2.45, 2.75) is 26.2 Å². The molecule has 0 aromatic carbocycles. The summed E-state index contributed by atoms with van der Waals surface area (Å²) >= 11 is 5.56. The average Bonchev–Trinajstić information content (AvgIpc) is 1.80. The first-order chi connectivity index (χ1) is 4.27. The molecule has 1 nitrogen and oxygen atoms in total. The molecule has 0 saturated carbocycles. The van der Waals surface area contributed by atoms with Gasteiger partial charge in [0.2, 0.25) is 0 Å². The Bertz CT molecular complexity index is 84.9. The monoisotopic (exact) mass is 148 g/mol. The zero-order valence-electron chi connectivity index (χ0n) is 5.73. The van der Waals surface area contributed by atoms with Crippen molar-refractivity contribution in [1.29, 1.82) is 0 Å². The maximum Gasteiger partial charge on any atom is 0.0431 e. The first kappa shape index (κ1) is 8.99. The Morgan fingerprint density at radius 1 is 1.56 bits per heavy atom. The van der Waals surface area contributed by atoms with Crippen LogP contribution in [0.4, 0.5) is 0 Å².